The Kier molecular flexibility index (Phi) is 5.44. The van der Waals surface area contributed by atoms with Gasteiger partial charge in [0.1, 0.15) is 5.82 Å². The van der Waals surface area contributed by atoms with Gasteiger partial charge in [-0.3, -0.25) is 10.1 Å². The molecule has 0 heterocycles. The maximum atomic E-state index is 13.2. The van der Waals surface area contributed by atoms with E-state index in [0.29, 0.717) is 18.7 Å². The average Bonchev–Trinajstić information content (AvgIpc) is 2.42. The minimum atomic E-state index is -0.415. The monoisotopic (exact) mass is 416 g/mol. The Morgan fingerprint density at radius 1 is 1.10 bits per heavy atom. The highest BCUT2D eigenvalue weighted by molar-refractivity contribution is 9.10. The van der Waals surface area contributed by atoms with Crippen molar-refractivity contribution in [2.45, 2.75) is 13.1 Å². The van der Waals surface area contributed by atoms with Crippen molar-refractivity contribution in [2.75, 3.05) is 0 Å². The third-order valence-electron chi connectivity index (χ3n) is 2.88. The molecule has 0 amide bonds. The quantitative estimate of drug-likeness (QED) is 0.573. The molecule has 0 unspecified atom stereocenters. The van der Waals surface area contributed by atoms with Gasteiger partial charge in [-0.1, -0.05) is 31.9 Å². The summed E-state index contributed by atoms with van der Waals surface area (Å²) < 4.78 is 14.7. The topological polar surface area (TPSA) is 55.2 Å². The van der Waals surface area contributed by atoms with E-state index in [2.05, 4.69) is 37.2 Å². The summed E-state index contributed by atoms with van der Waals surface area (Å²) in [5.41, 5.74) is 1.39. The molecule has 0 bridgehead atoms. The second kappa shape index (κ2) is 7.11. The van der Waals surface area contributed by atoms with Crippen molar-refractivity contribution in [3.63, 3.8) is 0 Å². The summed E-state index contributed by atoms with van der Waals surface area (Å²) in [7, 11) is 0. The van der Waals surface area contributed by atoms with Gasteiger partial charge in [-0.05, 0) is 35.9 Å². The van der Waals surface area contributed by atoms with Crippen LogP contribution in [0.5, 0.6) is 0 Å². The highest BCUT2D eigenvalue weighted by Crippen LogP contribution is 2.23. The predicted molar refractivity (Wildman–Crippen MR) is 85.4 cm³/mol. The molecule has 0 aliphatic carbocycles. The fourth-order valence-corrected chi connectivity index (χ4v) is 2.68. The molecule has 0 spiro atoms. The molecular weight excluding hydrogens is 407 g/mol. The first-order valence-corrected chi connectivity index (χ1v) is 7.63. The number of hydrogen-bond acceptors (Lipinski definition) is 3. The molecule has 4 nitrogen and oxygen atoms in total. The van der Waals surface area contributed by atoms with Crippen molar-refractivity contribution in [3.8, 4) is 0 Å². The number of hydrogen-bond donors (Lipinski definition) is 1. The van der Waals surface area contributed by atoms with Crippen LogP contribution >= 0.6 is 31.9 Å². The van der Waals surface area contributed by atoms with E-state index in [1.165, 1.54) is 18.2 Å². The van der Waals surface area contributed by atoms with Gasteiger partial charge >= 0.3 is 0 Å². The number of nitrogens with one attached hydrogen (secondary N) is 1. The van der Waals surface area contributed by atoms with E-state index in [1.54, 1.807) is 18.2 Å². The van der Waals surface area contributed by atoms with Crippen molar-refractivity contribution in [1.29, 1.82) is 0 Å². The Balaban J connectivity index is 2.08. The van der Waals surface area contributed by atoms with E-state index in [9.17, 15) is 14.5 Å². The van der Waals surface area contributed by atoms with Crippen LogP contribution in [0.25, 0.3) is 0 Å². The predicted octanol–water partition coefficient (Wildman–Crippen LogP) is 4.55. The van der Waals surface area contributed by atoms with Crippen LogP contribution in [0.2, 0.25) is 0 Å². The molecule has 0 aliphatic heterocycles. The van der Waals surface area contributed by atoms with Gasteiger partial charge < -0.3 is 5.32 Å². The highest BCUT2D eigenvalue weighted by Gasteiger charge is 2.13. The van der Waals surface area contributed by atoms with Crippen LogP contribution in [-0.4, -0.2) is 4.92 Å². The third-order valence-corrected chi connectivity index (χ3v) is 4.14. The average molecular weight is 418 g/mol. The number of rotatable bonds is 5. The summed E-state index contributed by atoms with van der Waals surface area (Å²) in [4.78, 5) is 10.6. The second-order valence-corrected chi connectivity index (χ2v) is 6.14. The molecular formula is C14H11Br2FN2O2. The van der Waals surface area contributed by atoms with Crippen LogP contribution in [-0.2, 0) is 13.1 Å². The summed E-state index contributed by atoms with van der Waals surface area (Å²) in [5, 5.41) is 14.1. The summed E-state index contributed by atoms with van der Waals surface area (Å²) in [6.45, 7) is 0.723. The van der Waals surface area contributed by atoms with Crippen LogP contribution in [0, 0.1) is 15.9 Å². The number of nitro groups is 1. The van der Waals surface area contributed by atoms with E-state index < -0.39 is 4.92 Å². The fraction of sp³-hybridized carbons (Fsp3) is 0.143. The largest absolute Gasteiger partial charge is 0.308 e. The van der Waals surface area contributed by atoms with Gasteiger partial charge in [0.05, 0.1) is 4.92 Å². The molecule has 0 radical (unpaired) electrons. The lowest BCUT2D eigenvalue weighted by molar-refractivity contribution is -0.385. The van der Waals surface area contributed by atoms with Gasteiger partial charge in [0.25, 0.3) is 5.69 Å². The molecule has 2 aromatic rings. The molecule has 0 atom stereocenters. The lowest BCUT2D eigenvalue weighted by atomic mass is 10.1. The SMILES string of the molecule is O=[N+]([O-])c1ccc(Br)cc1CNCc1cc(F)ccc1Br. The maximum Gasteiger partial charge on any atom is 0.273 e. The zero-order valence-electron chi connectivity index (χ0n) is 10.8. The molecule has 2 aromatic carbocycles. The summed E-state index contributed by atoms with van der Waals surface area (Å²) >= 11 is 6.64. The van der Waals surface area contributed by atoms with Crippen molar-refractivity contribution in [3.05, 3.63) is 72.4 Å². The van der Waals surface area contributed by atoms with E-state index in [-0.39, 0.29) is 11.5 Å². The molecule has 2 rings (SSSR count). The van der Waals surface area contributed by atoms with Crippen molar-refractivity contribution in [2.24, 2.45) is 0 Å². The Bertz CT molecular complexity index is 680. The second-order valence-electron chi connectivity index (χ2n) is 4.37. The summed E-state index contributed by atoms with van der Waals surface area (Å²) in [6.07, 6.45) is 0. The zero-order valence-corrected chi connectivity index (χ0v) is 13.9. The lowest BCUT2D eigenvalue weighted by Crippen LogP contribution is -2.14. The van der Waals surface area contributed by atoms with Gasteiger partial charge in [0, 0.05) is 33.7 Å². The maximum absolute atomic E-state index is 13.2. The number of halogens is 3. The van der Waals surface area contributed by atoms with Crippen LogP contribution in [0.4, 0.5) is 10.1 Å². The molecule has 0 saturated carbocycles. The van der Waals surface area contributed by atoms with Crippen LogP contribution in [0.1, 0.15) is 11.1 Å². The van der Waals surface area contributed by atoms with Crippen molar-refractivity contribution < 1.29 is 9.31 Å². The van der Waals surface area contributed by atoms with E-state index in [1.807, 2.05) is 0 Å². The summed E-state index contributed by atoms with van der Waals surface area (Å²) in [5.74, 6) is -0.316. The first kappa shape index (κ1) is 16.1. The molecule has 110 valence electrons. The third kappa shape index (κ3) is 4.33. The highest BCUT2D eigenvalue weighted by atomic mass is 79.9. The smallest absolute Gasteiger partial charge is 0.273 e. The standard InChI is InChI=1S/C14H11Br2FN2O2/c15-11-1-4-14(19(20)21)10(5-11)8-18-7-9-6-12(17)2-3-13(9)16/h1-6,18H,7-8H2. The molecule has 0 saturated heterocycles. The molecule has 21 heavy (non-hydrogen) atoms. The van der Waals surface area contributed by atoms with E-state index >= 15 is 0 Å². The number of benzene rings is 2. The summed E-state index contributed by atoms with van der Waals surface area (Å²) in [6, 6.07) is 9.21. The van der Waals surface area contributed by atoms with Crippen LogP contribution in [0.3, 0.4) is 0 Å². The minimum absolute atomic E-state index is 0.0593. The Morgan fingerprint density at radius 2 is 1.81 bits per heavy atom. The van der Waals surface area contributed by atoms with Crippen LogP contribution < -0.4 is 5.32 Å². The Hall–Kier alpha value is -1.31. The first-order chi connectivity index (χ1) is 9.97. The van der Waals surface area contributed by atoms with Gasteiger partial charge in [-0.2, -0.15) is 0 Å². The number of nitro benzene ring substituents is 1. The van der Waals surface area contributed by atoms with Gasteiger partial charge in [0.2, 0.25) is 0 Å². The lowest BCUT2D eigenvalue weighted by Gasteiger charge is -2.08. The van der Waals surface area contributed by atoms with E-state index in [0.717, 1.165) is 14.5 Å². The van der Waals surface area contributed by atoms with Gasteiger partial charge in [-0.25, -0.2) is 4.39 Å². The first-order valence-electron chi connectivity index (χ1n) is 6.05. The number of nitrogens with zero attached hydrogens (tertiary/aromatic N) is 1. The van der Waals surface area contributed by atoms with Gasteiger partial charge in [-0.15, -0.1) is 0 Å². The van der Waals surface area contributed by atoms with E-state index in [4.69, 9.17) is 0 Å². The minimum Gasteiger partial charge on any atom is -0.308 e. The Labute approximate surface area is 137 Å². The molecule has 1 N–H and O–H groups in total. The fourth-order valence-electron chi connectivity index (χ4n) is 1.88. The molecule has 7 heteroatoms. The molecule has 0 fully saturated rings. The van der Waals surface area contributed by atoms with Gasteiger partial charge in [0.15, 0.2) is 0 Å². The van der Waals surface area contributed by atoms with Crippen molar-refractivity contribution in [1.82, 2.24) is 5.32 Å². The molecule has 0 aromatic heterocycles. The Morgan fingerprint density at radius 3 is 2.52 bits per heavy atom. The normalized spacial score (nSPS) is 10.6. The van der Waals surface area contributed by atoms with Crippen molar-refractivity contribution >= 4 is 37.5 Å². The van der Waals surface area contributed by atoms with Crippen LogP contribution in [0.15, 0.2) is 45.3 Å². The zero-order chi connectivity index (χ0) is 15.4. The molecule has 0 aliphatic rings.